The van der Waals surface area contributed by atoms with Crippen LogP contribution in [-0.2, 0) is 11.2 Å². The molecule has 2 aromatic carbocycles. The third-order valence-corrected chi connectivity index (χ3v) is 3.95. The number of hydrazine groups is 1. The number of carbonyl (C=O) groups is 2. The molecule has 0 atom stereocenters. The van der Waals surface area contributed by atoms with Gasteiger partial charge in [0.05, 0.1) is 0 Å². The molecule has 5 nitrogen and oxygen atoms in total. The first kappa shape index (κ1) is 17.5. The molecule has 132 valence electrons. The average Bonchev–Trinajstić information content (AvgIpc) is 3.15. The third kappa shape index (κ3) is 4.60. The van der Waals surface area contributed by atoms with E-state index in [1.165, 1.54) is 0 Å². The molecule has 1 heterocycles. The Labute approximate surface area is 152 Å². The van der Waals surface area contributed by atoms with Crippen LogP contribution in [0.3, 0.4) is 0 Å². The van der Waals surface area contributed by atoms with Crippen LogP contribution in [0.4, 0.5) is 0 Å². The third-order valence-electron chi connectivity index (χ3n) is 3.95. The van der Waals surface area contributed by atoms with E-state index in [-0.39, 0.29) is 18.2 Å². The molecule has 5 heteroatoms. The van der Waals surface area contributed by atoms with E-state index in [2.05, 4.69) is 10.9 Å². The molecule has 0 radical (unpaired) electrons. The summed E-state index contributed by atoms with van der Waals surface area (Å²) in [7, 11) is 0. The Hall–Kier alpha value is -3.34. The summed E-state index contributed by atoms with van der Waals surface area (Å²) in [5, 5.41) is 0. The van der Waals surface area contributed by atoms with Gasteiger partial charge in [0.2, 0.25) is 5.91 Å². The maximum Gasteiger partial charge on any atom is 0.269 e. The summed E-state index contributed by atoms with van der Waals surface area (Å²) in [6.45, 7) is 1.95. The molecule has 0 saturated heterocycles. The van der Waals surface area contributed by atoms with Crippen molar-refractivity contribution >= 4 is 11.8 Å². The van der Waals surface area contributed by atoms with Gasteiger partial charge in [-0.1, -0.05) is 48.0 Å². The minimum absolute atomic E-state index is 0.218. The van der Waals surface area contributed by atoms with Crippen LogP contribution < -0.4 is 10.9 Å². The lowest BCUT2D eigenvalue weighted by Crippen LogP contribution is -2.41. The number of carbonyl (C=O) groups excluding carboxylic acids is 2. The van der Waals surface area contributed by atoms with Crippen LogP contribution in [0.1, 0.15) is 28.1 Å². The lowest BCUT2D eigenvalue weighted by Gasteiger charge is -2.07. The fraction of sp³-hybridized carbons (Fsp3) is 0.143. The van der Waals surface area contributed by atoms with Crippen molar-refractivity contribution in [3.05, 3.63) is 83.6 Å². The number of furan rings is 1. The molecule has 0 aliphatic carbocycles. The standard InChI is InChI=1S/C21H20N2O3/c1-15-7-9-17(10-8-15)21(25)23-22-20(24)14-12-18-11-13-19(26-18)16-5-3-2-4-6-16/h2-11,13H,12,14H2,1H3,(H,22,24)(H,23,25). The first-order valence-corrected chi connectivity index (χ1v) is 8.42. The van der Waals surface area contributed by atoms with Gasteiger partial charge in [0, 0.05) is 24.0 Å². The highest BCUT2D eigenvalue weighted by molar-refractivity contribution is 5.95. The van der Waals surface area contributed by atoms with Gasteiger partial charge >= 0.3 is 0 Å². The van der Waals surface area contributed by atoms with Crippen molar-refractivity contribution in [3.8, 4) is 11.3 Å². The highest BCUT2D eigenvalue weighted by Crippen LogP contribution is 2.22. The normalized spacial score (nSPS) is 10.3. The minimum atomic E-state index is -0.345. The van der Waals surface area contributed by atoms with Gasteiger partial charge < -0.3 is 4.42 Å². The second-order valence-electron chi connectivity index (χ2n) is 6.00. The van der Waals surface area contributed by atoms with Gasteiger partial charge in [0.25, 0.3) is 5.91 Å². The quantitative estimate of drug-likeness (QED) is 0.692. The Bertz CT molecular complexity index is 883. The zero-order chi connectivity index (χ0) is 18.4. The van der Waals surface area contributed by atoms with E-state index in [0.29, 0.717) is 12.0 Å². The Morgan fingerprint density at radius 1 is 0.885 bits per heavy atom. The Kier molecular flexibility index (Phi) is 5.49. The molecule has 0 aliphatic rings. The smallest absolute Gasteiger partial charge is 0.269 e. The van der Waals surface area contributed by atoms with E-state index in [1.807, 2.05) is 61.5 Å². The Balaban J connectivity index is 1.46. The molecule has 0 spiro atoms. The zero-order valence-corrected chi connectivity index (χ0v) is 14.5. The summed E-state index contributed by atoms with van der Waals surface area (Å²) in [5.41, 5.74) is 7.40. The number of benzene rings is 2. The van der Waals surface area contributed by atoms with Crippen molar-refractivity contribution in [3.63, 3.8) is 0 Å². The van der Waals surface area contributed by atoms with Gasteiger partial charge in [-0.15, -0.1) is 0 Å². The van der Waals surface area contributed by atoms with Crippen LogP contribution in [0.5, 0.6) is 0 Å². The average molecular weight is 348 g/mol. The van der Waals surface area contributed by atoms with E-state index in [4.69, 9.17) is 4.42 Å². The van der Waals surface area contributed by atoms with Gasteiger partial charge in [0.1, 0.15) is 11.5 Å². The molecule has 0 unspecified atom stereocenters. The summed E-state index contributed by atoms with van der Waals surface area (Å²) in [6.07, 6.45) is 0.676. The summed E-state index contributed by atoms with van der Waals surface area (Å²) in [5.74, 6) is 0.878. The molecule has 0 fully saturated rings. The monoisotopic (exact) mass is 348 g/mol. The lowest BCUT2D eigenvalue weighted by molar-refractivity contribution is -0.121. The highest BCUT2D eigenvalue weighted by atomic mass is 16.3. The second-order valence-corrected chi connectivity index (χ2v) is 6.00. The maximum absolute atomic E-state index is 12.0. The minimum Gasteiger partial charge on any atom is -0.461 e. The van der Waals surface area contributed by atoms with Gasteiger partial charge in [0.15, 0.2) is 0 Å². The van der Waals surface area contributed by atoms with Crippen molar-refractivity contribution in [2.75, 3.05) is 0 Å². The molecule has 26 heavy (non-hydrogen) atoms. The van der Waals surface area contributed by atoms with E-state index < -0.39 is 0 Å². The molecule has 3 rings (SSSR count). The summed E-state index contributed by atoms with van der Waals surface area (Å²) < 4.78 is 5.76. The van der Waals surface area contributed by atoms with Gasteiger partial charge in [-0.3, -0.25) is 20.4 Å². The summed E-state index contributed by atoms with van der Waals surface area (Å²) in [4.78, 5) is 23.9. The van der Waals surface area contributed by atoms with Crippen LogP contribution in [0, 0.1) is 6.92 Å². The largest absolute Gasteiger partial charge is 0.461 e. The first-order valence-electron chi connectivity index (χ1n) is 8.42. The van der Waals surface area contributed by atoms with E-state index >= 15 is 0 Å². The molecule has 0 bridgehead atoms. The van der Waals surface area contributed by atoms with Crippen LogP contribution >= 0.6 is 0 Å². The Morgan fingerprint density at radius 2 is 1.62 bits per heavy atom. The zero-order valence-electron chi connectivity index (χ0n) is 14.5. The molecule has 1 aromatic heterocycles. The molecule has 0 saturated carbocycles. The van der Waals surface area contributed by atoms with E-state index in [9.17, 15) is 9.59 Å². The Morgan fingerprint density at radius 3 is 2.35 bits per heavy atom. The maximum atomic E-state index is 12.0. The number of amides is 2. The summed E-state index contributed by atoms with van der Waals surface area (Å²) >= 11 is 0. The van der Waals surface area contributed by atoms with Crippen LogP contribution in [-0.4, -0.2) is 11.8 Å². The molecule has 2 amide bonds. The van der Waals surface area contributed by atoms with E-state index in [1.54, 1.807) is 12.1 Å². The SMILES string of the molecule is Cc1ccc(C(=O)NNC(=O)CCc2ccc(-c3ccccc3)o2)cc1. The van der Waals surface area contributed by atoms with Crippen LogP contribution in [0.25, 0.3) is 11.3 Å². The van der Waals surface area contributed by atoms with Crippen molar-refractivity contribution in [2.45, 2.75) is 19.8 Å². The topological polar surface area (TPSA) is 71.3 Å². The number of nitrogens with one attached hydrogen (secondary N) is 2. The van der Waals surface area contributed by atoms with Crippen LogP contribution in [0.2, 0.25) is 0 Å². The van der Waals surface area contributed by atoms with Crippen molar-refractivity contribution in [1.29, 1.82) is 0 Å². The highest BCUT2D eigenvalue weighted by Gasteiger charge is 2.09. The number of rotatable bonds is 5. The summed E-state index contributed by atoms with van der Waals surface area (Å²) in [6, 6.07) is 20.6. The molecule has 3 aromatic rings. The fourth-order valence-electron chi connectivity index (χ4n) is 2.47. The molecule has 0 aliphatic heterocycles. The van der Waals surface area contributed by atoms with E-state index in [0.717, 1.165) is 22.6 Å². The van der Waals surface area contributed by atoms with Gasteiger partial charge in [-0.05, 0) is 31.2 Å². The van der Waals surface area contributed by atoms with Crippen molar-refractivity contribution in [1.82, 2.24) is 10.9 Å². The fourth-order valence-corrected chi connectivity index (χ4v) is 2.47. The predicted octanol–water partition coefficient (Wildman–Crippen LogP) is 3.65. The lowest BCUT2D eigenvalue weighted by atomic mass is 10.1. The molecule has 2 N–H and O–H groups in total. The first-order chi connectivity index (χ1) is 12.6. The second kappa shape index (κ2) is 8.16. The predicted molar refractivity (Wildman–Crippen MR) is 99.3 cm³/mol. The van der Waals surface area contributed by atoms with Crippen LogP contribution in [0.15, 0.2) is 71.1 Å². The van der Waals surface area contributed by atoms with Crippen molar-refractivity contribution < 1.29 is 14.0 Å². The van der Waals surface area contributed by atoms with Crippen molar-refractivity contribution in [2.24, 2.45) is 0 Å². The van der Waals surface area contributed by atoms with Gasteiger partial charge in [-0.2, -0.15) is 0 Å². The number of aryl methyl sites for hydroxylation is 2. The number of hydrogen-bond donors (Lipinski definition) is 2. The van der Waals surface area contributed by atoms with Gasteiger partial charge in [-0.25, -0.2) is 0 Å². The molecular weight excluding hydrogens is 328 g/mol. The molecular formula is C21H20N2O3. The number of hydrogen-bond acceptors (Lipinski definition) is 3.